The molecule has 0 aliphatic carbocycles. The van der Waals surface area contributed by atoms with Crippen LogP contribution < -0.4 is 15.5 Å². The van der Waals surface area contributed by atoms with E-state index in [4.69, 9.17) is 0 Å². The summed E-state index contributed by atoms with van der Waals surface area (Å²) in [5.74, 6) is -0.957. The third kappa shape index (κ3) is 5.69. The van der Waals surface area contributed by atoms with Gasteiger partial charge in [0.15, 0.2) is 5.17 Å². The molecule has 0 radical (unpaired) electrons. The van der Waals surface area contributed by atoms with E-state index < -0.39 is 5.25 Å². The van der Waals surface area contributed by atoms with Gasteiger partial charge in [-0.1, -0.05) is 17.8 Å². The average molecular weight is 438 g/mol. The monoisotopic (exact) mass is 437 g/mol. The van der Waals surface area contributed by atoms with Crippen molar-refractivity contribution in [2.75, 3.05) is 23.3 Å². The lowest BCUT2D eigenvalue weighted by Crippen LogP contribution is -2.28. The molecular formula is C22H23N5O3S. The molecule has 9 heteroatoms. The predicted molar refractivity (Wildman–Crippen MR) is 121 cm³/mol. The quantitative estimate of drug-likeness (QED) is 0.719. The fourth-order valence-electron chi connectivity index (χ4n) is 3.53. The van der Waals surface area contributed by atoms with E-state index in [1.807, 2.05) is 24.3 Å². The molecule has 0 spiro atoms. The fraction of sp³-hybridized carbons (Fsp3) is 0.318. The number of benzene rings is 1. The number of carbonyl (C=O) groups is 3. The first-order valence-electron chi connectivity index (χ1n) is 10.2. The zero-order valence-electron chi connectivity index (χ0n) is 16.9. The summed E-state index contributed by atoms with van der Waals surface area (Å²) >= 11 is 1.10. The standard InChI is InChI=1S/C22H23N5O3S/c28-19(12-15-4-3-9-23-14-15)25-22-26-21(30)18(31-22)13-20(29)24-16-5-7-17(8-6-16)27-10-1-2-11-27/h3-9,14,18H,1-2,10-13H2,(H,24,29)(H,25,26,28,30). The number of amidine groups is 1. The van der Waals surface area contributed by atoms with Gasteiger partial charge in [0.25, 0.3) is 5.91 Å². The predicted octanol–water partition coefficient (Wildman–Crippen LogP) is 2.37. The number of thioether (sulfide) groups is 1. The largest absolute Gasteiger partial charge is 0.372 e. The second kappa shape index (κ2) is 9.74. The summed E-state index contributed by atoms with van der Waals surface area (Å²) in [5, 5.41) is 5.02. The number of nitrogens with one attached hydrogen (secondary N) is 2. The highest BCUT2D eigenvalue weighted by Crippen LogP contribution is 2.25. The van der Waals surface area contributed by atoms with Crippen LogP contribution in [0.25, 0.3) is 0 Å². The van der Waals surface area contributed by atoms with Gasteiger partial charge in [0.05, 0.1) is 6.42 Å². The van der Waals surface area contributed by atoms with Crippen molar-refractivity contribution in [2.24, 2.45) is 4.99 Å². The molecule has 1 atom stereocenters. The Morgan fingerprint density at radius 1 is 1.19 bits per heavy atom. The van der Waals surface area contributed by atoms with Gasteiger partial charge in [0, 0.05) is 43.3 Å². The molecule has 2 aromatic rings. The van der Waals surface area contributed by atoms with Crippen molar-refractivity contribution in [3.05, 3.63) is 54.4 Å². The third-order valence-corrected chi connectivity index (χ3v) is 6.16. The maximum absolute atomic E-state index is 12.4. The lowest BCUT2D eigenvalue weighted by molar-refractivity contribution is -0.122. The molecule has 0 bridgehead atoms. The number of hydrogen-bond acceptors (Lipinski definition) is 6. The van der Waals surface area contributed by atoms with Gasteiger partial charge in [0.2, 0.25) is 11.8 Å². The van der Waals surface area contributed by atoms with Gasteiger partial charge < -0.3 is 15.5 Å². The van der Waals surface area contributed by atoms with Crippen LogP contribution in [-0.2, 0) is 20.8 Å². The molecule has 1 aromatic heterocycles. The molecule has 2 aliphatic heterocycles. The number of aromatic nitrogens is 1. The summed E-state index contributed by atoms with van der Waals surface area (Å²) in [5.41, 5.74) is 2.59. The topological polar surface area (TPSA) is 104 Å². The molecule has 2 N–H and O–H groups in total. The molecule has 3 amide bonds. The SMILES string of the molecule is O=C(Cc1cccnc1)/N=C1\NC(=O)C(CC(=O)Nc2ccc(N3CCCC3)cc2)S1. The van der Waals surface area contributed by atoms with Gasteiger partial charge in [0.1, 0.15) is 5.25 Å². The first-order valence-corrected chi connectivity index (χ1v) is 11.1. The van der Waals surface area contributed by atoms with Gasteiger partial charge >= 0.3 is 0 Å². The Morgan fingerprint density at radius 2 is 1.97 bits per heavy atom. The number of aliphatic imine (C=N–C) groups is 1. The van der Waals surface area contributed by atoms with Crippen molar-refractivity contribution >= 4 is 46.0 Å². The van der Waals surface area contributed by atoms with Crippen molar-refractivity contribution in [1.29, 1.82) is 0 Å². The van der Waals surface area contributed by atoms with Crippen molar-refractivity contribution < 1.29 is 14.4 Å². The number of pyridine rings is 1. The number of carbonyl (C=O) groups excluding carboxylic acids is 3. The maximum atomic E-state index is 12.4. The van der Waals surface area contributed by atoms with E-state index in [9.17, 15) is 14.4 Å². The van der Waals surface area contributed by atoms with Gasteiger partial charge in [-0.3, -0.25) is 19.4 Å². The zero-order valence-corrected chi connectivity index (χ0v) is 17.7. The number of hydrogen-bond donors (Lipinski definition) is 2. The van der Waals surface area contributed by atoms with Crippen LogP contribution >= 0.6 is 11.8 Å². The fourth-order valence-corrected chi connectivity index (χ4v) is 4.52. The van der Waals surface area contributed by atoms with Crippen LogP contribution in [0.2, 0.25) is 0 Å². The van der Waals surface area contributed by atoms with E-state index in [0.717, 1.165) is 36.1 Å². The van der Waals surface area contributed by atoms with Crippen molar-refractivity contribution in [2.45, 2.75) is 30.9 Å². The van der Waals surface area contributed by atoms with Crippen molar-refractivity contribution in [1.82, 2.24) is 10.3 Å². The average Bonchev–Trinajstić information content (AvgIpc) is 3.40. The Kier molecular flexibility index (Phi) is 6.61. The number of nitrogens with zero attached hydrogens (tertiary/aromatic N) is 3. The normalized spacial score (nSPS) is 19.5. The minimum absolute atomic E-state index is 0.000191. The Bertz CT molecular complexity index is 988. The summed E-state index contributed by atoms with van der Waals surface area (Å²) < 4.78 is 0. The Balaban J connectivity index is 1.28. The molecule has 2 saturated heterocycles. The maximum Gasteiger partial charge on any atom is 0.252 e. The molecule has 8 nitrogen and oxygen atoms in total. The van der Waals surface area contributed by atoms with Crippen molar-refractivity contribution in [3.63, 3.8) is 0 Å². The summed E-state index contributed by atoms with van der Waals surface area (Å²) in [7, 11) is 0. The minimum atomic E-state index is -0.617. The molecule has 2 fully saturated rings. The summed E-state index contributed by atoms with van der Waals surface area (Å²) in [6.45, 7) is 2.13. The molecule has 0 saturated carbocycles. The van der Waals surface area contributed by atoms with Crippen LogP contribution in [-0.4, -0.2) is 46.2 Å². The van der Waals surface area contributed by atoms with Crippen LogP contribution in [0.5, 0.6) is 0 Å². The lowest BCUT2D eigenvalue weighted by atomic mass is 10.2. The van der Waals surface area contributed by atoms with Gasteiger partial charge in [-0.15, -0.1) is 0 Å². The molecular weight excluding hydrogens is 414 g/mol. The molecule has 4 rings (SSSR count). The Labute approximate surface area is 184 Å². The molecule has 160 valence electrons. The van der Waals surface area contributed by atoms with Crippen LogP contribution in [0.3, 0.4) is 0 Å². The number of anilines is 2. The van der Waals surface area contributed by atoms with E-state index in [-0.39, 0.29) is 35.7 Å². The highest BCUT2D eigenvalue weighted by molar-refractivity contribution is 8.15. The minimum Gasteiger partial charge on any atom is -0.372 e. The van der Waals surface area contributed by atoms with Crippen LogP contribution in [0.4, 0.5) is 11.4 Å². The molecule has 31 heavy (non-hydrogen) atoms. The first-order chi connectivity index (χ1) is 15.1. The summed E-state index contributed by atoms with van der Waals surface area (Å²) in [6, 6.07) is 11.3. The third-order valence-electron chi connectivity index (χ3n) is 5.07. The van der Waals surface area contributed by atoms with E-state index in [0.29, 0.717) is 5.69 Å². The van der Waals surface area contributed by atoms with Crippen LogP contribution in [0, 0.1) is 0 Å². The Morgan fingerprint density at radius 3 is 2.68 bits per heavy atom. The molecule has 2 aliphatic rings. The van der Waals surface area contributed by atoms with Crippen molar-refractivity contribution in [3.8, 4) is 0 Å². The van der Waals surface area contributed by atoms with Crippen LogP contribution in [0.15, 0.2) is 53.8 Å². The van der Waals surface area contributed by atoms with Gasteiger partial charge in [-0.25, -0.2) is 0 Å². The van der Waals surface area contributed by atoms with Gasteiger partial charge in [-0.05, 0) is 48.7 Å². The highest BCUT2D eigenvalue weighted by atomic mass is 32.2. The summed E-state index contributed by atoms with van der Waals surface area (Å²) in [4.78, 5) is 46.9. The second-order valence-corrected chi connectivity index (χ2v) is 8.63. The first kappa shape index (κ1) is 21.0. The zero-order chi connectivity index (χ0) is 21.6. The second-order valence-electron chi connectivity index (χ2n) is 7.44. The van der Waals surface area contributed by atoms with E-state index in [2.05, 4.69) is 25.5 Å². The Hall–Kier alpha value is -3.20. The van der Waals surface area contributed by atoms with E-state index in [1.54, 1.807) is 24.5 Å². The smallest absolute Gasteiger partial charge is 0.252 e. The molecule has 1 aromatic carbocycles. The van der Waals surface area contributed by atoms with E-state index in [1.165, 1.54) is 12.8 Å². The van der Waals surface area contributed by atoms with Gasteiger partial charge in [-0.2, -0.15) is 4.99 Å². The molecule has 1 unspecified atom stereocenters. The lowest BCUT2D eigenvalue weighted by Gasteiger charge is -2.17. The number of rotatable bonds is 6. The molecule has 3 heterocycles. The van der Waals surface area contributed by atoms with Crippen LogP contribution in [0.1, 0.15) is 24.8 Å². The van der Waals surface area contributed by atoms with E-state index >= 15 is 0 Å². The highest BCUT2D eigenvalue weighted by Gasteiger charge is 2.32. The summed E-state index contributed by atoms with van der Waals surface area (Å²) in [6.07, 6.45) is 5.75. The number of amides is 3.